The normalized spacial score (nSPS) is 17.9. The van der Waals surface area contributed by atoms with E-state index in [4.69, 9.17) is 15.1 Å². The van der Waals surface area contributed by atoms with Gasteiger partial charge in [-0.2, -0.15) is 10.2 Å². The average molecular weight is 505 g/mol. The molecule has 3 N–H and O–H groups in total. The molecule has 0 amide bonds. The minimum Gasteiger partial charge on any atom is -0.381 e. The number of H-pyrrole nitrogens is 2. The van der Waals surface area contributed by atoms with Crippen LogP contribution in [0, 0.1) is 5.41 Å². The van der Waals surface area contributed by atoms with Crippen LogP contribution in [0.3, 0.4) is 0 Å². The first-order chi connectivity index (χ1) is 18.7. The Labute approximate surface area is 216 Å². The molecule has 1 saturated heterocycles. The van der Waals surface area contributed by atoms with Crippen molar-refractivity contribution in [3.63, 3.8) is 0 Å². The maximum absolute atomic E-state index is 13.6. The van der Waals surface area contributed by atoms with Crippen molar-refractivity contribution in [1.82, 2.24) is 34.9 Å². The van der Waals surface area contributed by atoms with Gasteiger partial charge in [-0.1, -0.05) is 18.2 Å². The number of pyridine rings is 1. The van der Waals surface area contributed by atoms with Crippen LogP contribution in [0.2, 0.25) is 0 Å². The number of nitrogens with one attached hydrogen (secondary N) is 3. The first-order valence-corrected chi connectivity index (χ1v) is 12.6. The first kappa shape index (κ1) is 22.5. The SMILES string of the molecule is N=C1c2c(nc(-c3cccnc3)[nH]c2=O)C(c2cnn(C3CCOCC3)c2)=CC1c1cccc2[nH]ncc12. The minimum atomic E-state index is -0.461. The van der Waals surface area contributed by atoms with Crippen molar-refractivity contribution in [1.29, 1.82) is 5.41 Å². The number of hydrogen-bond acceptors (Lipinski definition) is 7. The van der Waals surface area contributed by atoms with Crippen molar-refractivity contribution in [3.8, 4) is 11.4 Å². The lowest BCUT2D eigenvalue weighted by molar-refractivity contribution is 0.0662. The number of aromatic amines is 2. The van der Waals surface area contributed by atoms with Gasteiger partial charge in [0.1, 0.15) is 5.82 Å². The van der Waals surface area contributed by atoms with E-state index in [0.717, 1.165) is 40.4 Å². The molecule has 38 heavy (non-hydrogen) atoms. The third-order valence-electron chi connectivity index (χ3n) is 7.35. The van der Waals surface area contributed by atoms with Crippen molar-refractivity contribution < 1.29 is 4.74 Å². The molecule has 1 unspecified atom stereocenters. The van der Waals surface area contributed by atoms with Gasteiger partial charge in [0.25, 0.3) is 5.56 Å². The Morgan fingerprint density at radius 3 is 2.79 bits per heavy atom. The molecule has 2 aliphatic rings. The molecule has 1 fully saturated rings. The molecule has 0 bridgehead atoms. The maximum atomic E-state index is 13.6. The molecule has 5 heterocycles. The summed E-state index contributed by atoms with van der Waals surface area (Å²) >= 11 is 0. The highest BCUT2D eigenvalue weighted by molar-refractivity contribution is 6.12. The van der Waals surface area contributed by atoms with Gasteiger partial charge < -0.3 is 15.1 Å². The zero-order valence-corrected chi connectivity index (χ0v) is 20.4. The Bertz CT molecular complexity index is 1760. The van der Waals surface area contributed by atoms with E-state index < -0.39 is 5.92 Å². The van der Waals surface area contributed by atoms with E-state index in [1.54, 1.807) is 24.7 Å². The topological polar surface area (TPSA) is 138 Å². The Morgan fingerprint density at radius 1 is 1.05 bits per heavy atom. The molecular formula is C28H24N8O2. The average Bonchev–Trinajstić information content (AvgIpc) is 3.64. The van der Waals surface area contributed by atoms with Crippen LogP contribution in [-0.2, 0) is 4.74 Å². The monoisotopic (exact) mass is 504 g/mol. The van der Waals surface area contributed by atoms with Gasteiger partial charge in [0.2, 0.25) is 0 Å². The third kappa shape index (κ3) is 3.69. The number of hydrogen-bond donors (Lipinski definition) is 3. The molecule has 0 saturated carbocycles. The lowest BCUT2D eigenvalue weighted by Gasteiger charge is -2.25. The molecule has 4 aromatic heterocycles. The molecule has 1 aliphatic heterocycles. The quantitative estimate of drug-likeness (QED) is 0.340. The molecule has 7 rings (SSSR count). The zero-order valence-electron chi connectivity index (χ0n) is 20.4. The highest BCUT2D eigenvalue weighted by Gasteiger charge is 2.32. The lowest BCUT2D eigenvalue weighted by Crippen LogP contribution is -2.29. The van der Waals surface area contributed by atoms with Gasteiger partial charge in [-0.3, -0.25) is 19.6 Å². The Kier molecular flexibility index (Phi) is 5.33. The highest BCUT2D eigenvalue weighted by atomic mass is 16.5. The summed E-state index contributed by atoms with van der Waals surface area (Å²) in [6.07, 6.45) is 12.8. The highest BCUT2D eigenvalue weighted by Crippen LogP contribution is 2.38. The minimum absolute atomic E-state index is 0.195. The van der Waals surface area contributed by atoms with Gasteiger partial charge in [0, 0.05) is 59.8 Å². The van der Waals surface area contributed by atoms with Gasteiger partial charge in [0.15, 0.2) is 0 Å². The lowest BCUT2D eigenvalue weighted by atomic mass is 9.80. The summed E-state index contributed by atoms with van der Waals surface area (Å²) in [7, 11) is 0. The Hall–Kier alpha value is -4.70. The summed E-state index contributed by atoms with van der Waals surface area (Å²) in [5, 5.41) is 21.9. The second-order valence-electron chi connectivity index (χ2n) is 9.58. The number of nitrogens with zero attached hydrogens (tertiary/aromatic N) is 5. The molecule has 10 heteroatoms. The van der Waals surface area contributed by atoms with Crippen molar-refractivity contribution in [3.05, 3.63) is 100 Å². The maximum Gasteiger partial charge on any atom is 0.260 e. The summed E-state index contributed by atoms with van der Waals surface area (Å²) in [5.41, 5.74) is 4.67. The van der Waals surface area contributed by atoms with Crippen molar-refractivity contribution >= 4 is 22.2 Å². The molecule has 10 nitrogen and oxygen atoms in total. The number of aromatic nitrogens is 7. The second kappa shape index (κ2) is 9.00. The van der Waals surface area contributed by atoms with Gasteiger partial charge >= 0.3 is 0 Å². The summed E-state index contributed by atoms with van der Waals surface area (Å²) < 4.78 is 7.51. The van der Waals surface area contributed by atoms with Crippen LogP contribution in [0.5, 0.6) is 0 Å². The standard InChI is InChI=1S/C28H24N8O2/c29-25-21(19-4-1-5-23-22(19)14-31-35-23)11-20(17-13-32-36(15-17)18-6-9-38-10-7-18)26-24(25)28(37)34-27(33-26)16-3-2-8-30-12-16/h1-5,8,11-15,18,21,29H,6-7,9-10H2,(H,31,35)(H,33,34,37). The Balaban J connectivity index is 1.42. The number of fused-ring (bicyclic) bond motifs is 2. The third-order valence-corrected chi connectivity index (χ3v) is 7.35. The van der Waals surface area contributed by atoms with E-state index in [9.17, 15) is 4.79 Å². The zero-order chi connectivity index (χ0) is 25.6. The van der Waals surface area contributed by atoms with Crippen LogP contribution in [0.15, 0.2) is 72.2 Å². The van der Waals surface area contributed by atoms with Crippen molar-refractivity contribution in [2.45, 2.75) is 24.8 Å². The van der Waals surface area contributed by atoms with E-state index in [0.29, 0.717) is 30.3 Å². The van der Waals surface area contributed by atoms with Crippen LogP contribution in [0.25, 0.3) is 27.9 Å². The largest absolute Gasteiger partial charge is 0.381 e. The van der Waals surface area contributed by atoms with Crippen LogP contribution < -0.4 is 5.56 Å². The molecule has 0 radical (unpaired) electrons. The first-order valence-electron chi connectivity index (χ1n) is 12.6. The van der Waals surface area contributed by atoms with Crippen molar-refractivity contribution in [2.75, 3.05) is 13.2 Å². The van der Waals surface area contributed by atoms with Crippen LogP contribution >= 0.6 is 0 Å². The van der Waals surface area contributed by atoms with Gasteiger partial charge in [0.05, 0.1) is 40.9 Å². The summed E-state index contributed by atoms with van der Waals surface area (Å²) in [6.45, 7) is 1.43. The van der Waals surface area contributed by atoms with Crippen LogP contribution in [-0.4, -0.2) is 53.9 Å². The van der Waals surface area contributed by atoms with E-state index in [1.165, 1.54) is 0 Å². The number of rotatable bonds is 4. The van der Waals surface area contributed by atoms with Crippen molar-refractivity contribution in [2.24, 2.45) is 0 Å². The van der Waals surface area contributed by atoms with E-state index >= 15 is 0 Å². The van der Waals surface area contributed by atoms with Gasteiger partial charge in [-0.15, -0.1) is 0 Å². The second-order valence-corrected chi connectivity index (χ2v) is 9.58. The fourth-order valence-electron chi connectivity index (χ4n) is 5.41. The molecular weight excluding hydrogens is 480 g/mol. The predicted molar refractivity (Wildman–Crippen MR) is 142 cm³/mol. The molecule has 5 aromatic rings. The van der Waals surface area contributed by atoms with E-state index in [-0.39, 0.29) is 22.9 Å². The van der Waals surface area contributed by atoms with E-state index in [1.807, 2.05) is 47.4 Å². The van der Waals surface area contributed by atoms with Crippen LogP contribution in [0.1, 0.15) is 47.2 Å². The van der Waals surface area contributed by atoms with Gasteiger partial charge in [-0.05, 0) is 36.6 Å². The molecule has 1 aromatic carbocycles. The number of benzene rings is 1. The molecule has 0 spiro atoms. The number of ether oxygens (including phenoxy) is 1. The Morgan fingerprint density at radius 2 is 1.95 bits per heavy atom. The smallest absolute Gasteiger partial charge is 0.260 e. The predicted octanol–water partition coefficient (Wildman–Crippen LogP) is 3.85. The van der Waals surface area contributed by atoms with Gasteiger partial charge in [-0.25, -0.2) is 4.98 Å². The summed E-state index contributed by atoms with van der Waals surface area (Å²) in [6, 6.07) is 9.77. The fraction of sp³-hybridized carbons (Fsp3) is 0.214. The van der Waals surface area contributed by atoms with Crippen LogP contribution in [0.4, 0.5) is 0 Å². The molecule has 1 aliphatic carbocycles. The molecule has 188 valence electrons. The fourth-order valence-corrected chi connectivity index (χ4v) is 5.41. The summed E-state index contributed by atoms with van der Waals surface area (Å²) in [4.78, 5) is 25.5. The molecule has 1 atom stereocenters. The summed E-state index contributed by atoms with van der Waals surface area (Å²) in [5.74, 6) is -0.0508. The van der Waals surface area contributed by atoms with E-state index in [2.05, 4.69) is 25.3 Å². The number of allylic oxidation sites excluding steroid dienone is 1.